The molecule has 0 saturated carbocycles. The van der Waals surface area contributed by atoms with Gasteiger partial charge in [0.05, 0.1) is 11.1 Å². The third-order valence-corrected chi connectivity index (χ3v) is 3.13. The number of carbonyl (C=O) groups excluding carboxylic acids is 1. The van der Waals surface area contributed by atoms with Gasteiger partial charge in [-0.15, -0.1) is 11.6 Å². The van der Waals surface area contributed by atoms with Crippen molar-refractivity contribution in [3.05, 3.63) is 11.8 Å². The number of alkyl halides is 1. The molecule has 0 aliphatic heterocycles. The Hall–Kier alpha value is -1.03. The molecule has 0 fully saturated rings. The number of rotatable bonds is 3. The van der Waals surface area contributed by atoms with Crippen molar-refractivity contribution in [1.82, 2.24) is 5.16 Å². The van der Waals surface area contributed by atoms with Crippen LogP contribution in [0.4, 0.5) is 5.88 Å². The Bertz CT molecular complexity index is 405. The van der Waals surface area contributed by atoms with Crippen molar-refractivity contribution in [1.29, 1.82) is 0 Å². The molecule has 0 bridgehead atoms. The number of hydrogen-bond donors (Lipinski definition) is 1. The van der Waals surface area contributed by atoms with E-state index in [-0.39, 0.29) is 17.2 Å². The van der Waals surface area contributed by atoms with Crippen LogP contribution in [-0.2, 0) is 10.2 Å². The molecule has 4 nitrogen and oxygen atoms in total. The first-order valence-corrected chi connectivity index (χ1v) is 6.05. The average Bonchev–Trinajstić information content (AvgIpc) is 2.65. The SMILES string of the molecule is CC(C)(CCl)C(=O)Nc1cc(C(C)(C)C)no1. The Morgan fingerprint density at radius 2 is 2.00 bits per heavy atom. The molecular formula is C12H19ClN2O2. The molecule has 1 rings (SSSR count). The molecule has 0 spiro atoms. The summed E-state index contributed by atoms with van der Waals surface area (Å²) in [6, 6.07) is 1.74. The molecule has 0 aliphatic rings. The molecule has 1 aromatic rings. The molecule has 5 heteroatoms. The monoisotopic (exact) mass is 258 g/mol. The lowest BCUT2D eigenvalue weighted by Crippen LogP contribution is -2.32. The van der Waals surface area contributed by atoms with Gasteiger partial charge >= 0.3 is 0 Å². The van der Waals surface area contributed by atoms with Crippen LogP contribution >= 0.6 is 11.6 Å². The van der Waals surface area contributed by atoms with Gasteiger partial charge in [-0.1, -0.05) is 25.9 Å². The average molecular weight is 259 g/mol. The second-order valence-electron chi connectivity index (χ2n) is 5.80. The molecule has 0 atom stereocenters. The van der Waals surface area contributed by atoms with Crippen LogP contribution in [0.15, 0.2) is 10.6 Å². The summed E-state index contributed by atoms with van der Waals surface area (Å²) in [5.74, 6) is 0.432. The van der Waals surface area contributed by atoms with Crippen molar-refractivity contribution in [2.45, 2.75) is 40.0 Å². The minimum Gasteiger partial charge on any atom is -0.338 e. The third kappa shape index (κ3) is 3.46. The normalized spacial score (nSPS) is 12.6. The van der Waals surface area contributed by atoms with E-state index in [2.05, 4.69) is 10.5 Å². The van der Waals surface area contributed by atoms with E-state index in [1.807, 2.05) is 20.8 Å². The Balaban J connectivity index is 2.77. The summed E-state index contributed by atoms with van der Waals surface area (Å²) in [5.41, 5.74) is 0.0709. The maximum absolute atomic E-state index is 11.8. The highest BCUT2D eigenvalue weighted by Gasteiger charge is 2.28. The topological polar surface area (TPSA) is 55.1 Å². The second kappa shape index (κ2) is 4.69. The molecule has 17 heavy (non-hydrogen) atoms. The summed E-state index contributed by atoms with van der Waals surface area (Å²) in [6.07, 6.45) is 0. The van der Waals surface area contributed by atoms with Crippen LogP contribution in [0.3, 0.4) is 0 Å². The van der Waals surface area contributed by atoms with E-state index in [0.29, 0.717) is 5.88 Å². The van der Waals surface area contributed by atoms with Crippen LogP contribution in [0.25, 0.3) is 0 Å². The number of anilines is 1. The number of halogens is 1. The zero-order chi connectivity index (χ0) is 13.3. The highest BCUT2D eigenvalue weighted by molar-refractivity contribution is 6.20. The lowest BCUT2D eigenvalue weighted by Gasteiger charge is -2.18. The van der Waals surface area contributed by atoms with Gasteiger partial charge in [0.2, 0.25) is 11.8 Å². The fourth-order valence-corrected chi connectivity index (χ4v) is 1.15. The van der Waals surface area contributed by atoms with Crippen LogP contribution < -0.4 is 5.32 Å². The quantitative estimate of drug-likeness (QED) is 0.848. The van der Waals surface area contributed by atoms with E-state index in [1.54, 1.807) is 19.9 Å². The summed E-state index contributed by atoms with van der Waals surface area (Å²) in [7, 11) is 0. The van der Waals surface area contributed by atoms with Gasteiger partial charge in [0.1, 0.15) is 0 Å². The van der Waals surface area contributed by atoms with E-state index in [9.17, 15) is 4.79 Å². The summed E-state index contributed by atoms with van der Waals surface area (Å²) in [5, 5.41) is 6.60. The molecule has 96 valence electrons. The van der Waals surface area contributed by atoms with Gasteiger partial charge in [-0.05, 0) is 13.8 Å². The summed E-state index contributed by atoms with van der Waals surface area (Å²) in [4.78, 5) is 11.8. The number of amides is 1. The number of nitrogens with one attached hydrogen (secondary N) is 1. The highest BCUT2D eigenvalue weighted by Crippen LogP contribution is 2.25. The number of aromatic nitrogens is 1. The van der Waals surface area contributed by atoms with Gasteiger partial charge in [0.25, 0.3) is 0 Å². The molecule has 1 heterocycles. The standard InChI is InChI=1S/C12H19ClN2O2/c1-11(2,3)8-6-9(17-15-8)14-10(16)12(4,5)7-13/h6H,7H2,1-5H3,(H,14,16). The lowest BCUT2D eigenvalue weighted by molar-refractivity contribution is -0.123. The fourth-order valence-electron chi connectivity index (χ4n) is 1.03. The number of carbonyl (C=O) groups is 1. The zero-order valence-corrected chi connectivity index (χ0v) is 11.7. The summed E-state index contributed by atoms with van der Waals surface area (Å²) >= 11 is 5.73. The van der Waals surface area contributed by atoms with Crippen molar-refractivity contribution in [3.63, 3.8) is 0 Å². The smallest absolute Gasteiger partial charge is 0.233 e. The first kappa shape index (κ1) is 14.0. The first-order chi connectivity index (χ1) is 7.66. The van der Waals surface area contributed by atoms with E-state index in [0.717, 1.165) is 5.69 Å². The van der Waals surface area contributed by atoms with Gasteiger partial charge in [0, 0.05) is 17.4 Å². The predicted molar refractivity (Wildman–Crippen MR) is 68.3 cm³/mol. The number of nitrogens with zero attached hydrogens (tertiary/aromatic N) is 1. The predicted octanol–water partition coefficient (Wildman–Crippen LogP) is 3.18. The van der Waals surface area contributed by atoms with E-state index >= 15 is 0 Å². The number of hydrogen-bond acceptors (Lipinski definition) is 3. The van der Waals surface area contributed by atoms with Crippen LogP contribution in [0.1, 0.15) is 40.3 Å². The van der Waals surface area contributed by atoms with Crippen molar-refractivity contribution in [2.24, 2.45) is 5.41 Å². The fraction of sp³-hybridized carbons (Fsp3) is 0.667. The summed E-state index contributed by atoms with van der Waals surface area (Å²) in [6.45, 7) is 9.63. The van der Waals surface area contributed by atoms with Crippen LogP contribution in [0.5, 0.6) is 0 Å². The largest absolute Gasteiger partial charge is 0.338 e. The molecule has 0 unspecified atom stereocenters. The molecule has 1 amide bonds. The Morgan fingerprint density at radius 1 is 1.41 bits per heavy atom. The lowest BCUT2D eigenvalue weighted by atomic mass is 9.92. The molecule has 0 aliphatic carbocycles. The minimum atomic E-state index is -0.629. The van der Waals surface area contributed by atoms with Crippen LogP contribution in [-0.4, -0.2) is 16.9 Å². The maximum Gasteiger partial charge on any atom is 0.233 e. The third-order valence-electron chi connectivity index (χ3n) is 2.46. The molecule has 0 radical (unpaired) electrons. The van der Waals surface area contributed by atoms with Crippen LogP contribution in [0, 0.1) is 5.41 Å². The summed E-state index contributed by atoms with van der Waals surface area (Å²) < 4.78 is 5.08. The highest BCUT2D eigenvalue weighted by atomic mass is 35.5. The van der Waals surface area contributed by atoms with Gasteiger partial charge < -0.3 is 4.52 Å². The molecule has 1 N–H and O–H groups in total. The maximum atomic E-state index is 11.8. The zero-order valence-electron chi connectivity index (χ0n) is 10.9. The minimum absolute atomic E-state index is 0.103. The Kier molecular flexibility index (Phi) is 3.87. The van der Waals surface area contributed by atoms with Gasteiger partial charge in [-0.3, -0.25) is 10.1 Å². The molecule has 0 aromatic carbocycles. The molecule has 0 saturated heterocycles. The van der Waals surface area contributed by atoms with Crippen molar-refractivity contribution < 1.29 is 9.32 Å². The van der Waals surface area contributed by atoms with Gasteiger partial charge in [-0.25, -0.2) is 0 Å². The van der Waals surface area contributed by atoms with E-state index in [1.165, 1.54) is 0 Å². The van der Waals surface area contributed by atoms with E-state index in [4.69, 9.17) is 16.1 Å². The Morgan fingerprint density at radius 3 is 2.41 bits per heavy atom. The van der Waals surface area contributed by atoms with Crippen LogP contribution in [0.2, 0.25) is 0 Å². The second-order valence-corrected chi connectivity index (χ2v) is 6.07. The van der Waals surface area contributed by atoms with Crippen molar-refractivity contribution in [2.75, 3.05) is 11.2 Å². The van der Waals surface area contributed by atoms with Crippen molar-refractivity contribution in [3.8, 4) is 0 Å². The van der Waals surface area contributed by atoms with Gasteiger partial charge in [0.15, 0.2) is 0 Å². The molecule has 1 aromatic heterocycles. The Labute approximate surface area is 107 Å². The van der Waals surface area contributed by atoms with Crippen molar-refractivity contribution >= 4 is 23.4 Å². The van der Waals surface area contributed by atoms with Gasteiger partial charge in [-0.2, -0.15) is 0 Å². The molecular weight excluding hydrogens is 240 g/mol. The van der Waals surface area contributed by atoms with E-state index < -0.39 is 5.41 Å². The first-order valence-electron chi connectivity index (χ1n) is 5.51.